The normalized spacial score (nSPS) is 12.4. The van der Waals surface area contributed by atoms with Gasteiger partial charge in [-0.15, -0.1) is 0 Å². The molecule has 0 atom stereocenters. The summed E-state index contributed by atoms with van der Waals surface area (Å²) in [6, 6.07) is 3.89. The van der Waals surface area contributed by atoms with Crippen LogP contribution in [0, 0.1) is 6.92 Å². The van der Waals surface area contributed by atoms with E-state index in [1.54, 1.807) is 13.8 Å². The second kappa shape index (κ2) is 5.16. The molecule has 0 heterocycles. The van der Waals surface area contributed by atoms with E-state index in [4.69, 9.17) is 4.74 Å². The van der Waals surface area contributed by atoms with Gasteiger partial charge in [-0.2, -0.15) is 0 Å². The molecule has 1 rings (SSSR count). The third-order valence-electron chi connectivity index (χ3n) is 2.95. The van der Waals surface area contributed by atoms with Crippen LogP contribution in [0.3, 0.4) is 0 Å². The molecule has 0 aliphatic rings. The largest absolute Gasteiger partial charge is 0.478 e. The number of halogens is 1. The van der Waals surface area contributed by atoms with Crippen LogP contribution in [0.2, 0.25) is 0 Å². The molecule has 1 aromatic rings. The van der Waals surface area contributed by atoms with Crippen molar-refractivity contribution in [3.05, 3.63) is 27.7 Å². The molecule has 4 heteroatoms. The Hall–Kier alpha value is -1.03. The summed E-state index contributed by atoms with van der Waals surface area (Å²) in [6.07, 6.45) is 0. The topological polar surface area (TPSA) is 46.5 Å². The zero-order valence-corrected chi connectivity index (χ0v) is 13.9. The van der Waals surface area contributed by atoms with Crippen molar-refractivity contribution in [2.45, 2.75) is 52.6 Å². The molecular formula is C15H21BrO3. The monoisotopic (exact) mass is 328 g/mol. The number of hydrogen-bond acceptors (Lipinski definition) is 2. The molecule has 3 nitrogen and oxygen atoms in total. The van der Waals surface area contributed by atoms with Crippen LogP contribution >= 0.6 is 15.9 Å². The molecule has 1 aromatic carbocycles. The van der Waals surface area contributed by atoms with Crippen molar-refractivity contribution in [1.82, 2.24) is 0 Å². The Labute approximate surface area is 123 Å². The third-order valence-corrected chi connectivity index (χ3v) is 3.80. The first kappa shape index (κ1) is 16.0. The van der Waals surface area contributed by atoms with E-state index in [0.29, 0.717) is 5.75 Å². The summed E-state index contributed by atoms with van der Waals surface area (Å²) in [5, 5.41) is 9.19. The summed E-state index contributed by atoms with van der Waals surface area (Å²) < 4.78 is 6.73. The minimum atomic E-state index is -1.25. The number of aliphatic carboxylic acids is 1. The lowest BCUT2D eigenvalue weighted by Crippen LogP contribution is -2.38. The molecular weight excluding hydrogens is 308 g/mol. The SMILES string of the molecule is Cc1cc(OC(C)(C)C(=O)O)c(C(C)(C)C)cc1Br. The van der Waals surface area contributed by atoms with E-state index in [1.165, 1.54) is 0 Å². The Morgan fingerprint density at radius 3 is 2.16 bits per heavy atom. The fourth-order valence-electron chi connectivity index (χ4n) is 1.64. The molecule has 0 radical (unpaired) electrons. The minimum absolute atomic E-state index is 0.125. The van der Waals surface area contributed by atoms with Gasteiger partial charge in [0.2, 0.25) is 0 Å². The van der Waals surface area contributed by atoms with Gasteiger partial charge in [0.05, 0.1) is 0 Å². The first-order valence-corrected chi connectivity index (χ1v) is 6.97. The Morgan fingerprint density at radius 2 is 1.74 bits per heavy atom. The molecule has 0 aliphatic heterocycles. The molecule has 0 aromatic heterocycles. The molecule has 106 valence electrons. The number of carboxylic acids is 1. The molecule has 0 amide bonds. The predicted molar refractivity (Wildman–Crippen MR) is 79.9 cm³/mol. The van der Waals surface area contributed by atoms with Crippen LogP contribution in [0.4, 0.5) is 0 Å². The molecule has 0 aliphatic carbocycles. The van der Waals surface area contributed by atoms with Crippen LogP contribution < -0.4 is 4.74 Å². The molecule has 0 fully saturated rings. The number of aryl methyl sites for hydroxylation is 1. The molecule has 0 spiro atoms. The van der Waals surface area contributed by atoms with Crippen molar-refractivity contribution in [2.75, 3.05) is 0 Å². The maximum atomic E-state index is 11.2. The van der Waals surface area contributed by atoms with Crippen LogP contribution in [0.1, 0.15) is 45.7 Å². The highest BCUT2D eigenvalue weighted by molar-refractivity contribution is 9.10. The van der Waals surface area contributed by atoms with Gasteiger partial charge in [-0.1, -0.05) is 36.7 Å². The molecule has 1 N–H and O–H groups in total. The lowest BCUT2D eigenvalue weighted by atomic mass is 9.85. The zero-order valence-electron chi connectivity index (χ0n) is 12.3. The van der Waals surface area contributed by atoms with Crippen molar-refractivity contribution < 1.29 is 14.6 Å². The number of rotatable bonds is 3. The highest BCUT2D eigenvalue weighted by Gasteiger charge is 2.32. The Bertz CT molecular complexity index is 499. The van der Waals surface area contributed by atoms with E-state index in [2.05, 4.69) is 36.7 Å². The fraction of sp³-hybridized carbons (Fsp3) is 0.533. The Kier molecular flexibility index (Phi) is 4.35. The molecule has 0 bridgehead atoms. The van der Waals surface area contributed by atoms with Crippen molar-refractivity contribution in [1.29, 1.82) is 0 Å². The van der Waals surface area contributed by atoms with Gasteiger partial charge in [-0.05, 0) is 43.9 Å². The second-order valence-corrected chi connectivity index (χ2v) is 7.12. The smallest absolute Gasteiger partial charge is 0.347 e. The van der Waals surface area contributed by atoms with E-state index in [9.17, 15) is 9.90 Å². The average Bonchev–Trinajstić information content (AvgIpc) is 2.20. The third kappa shape index (κ3) is 3.72. The van der Waals surface area contributed by atoms with E-state index in [-0.39, 0.29) is 5.41 Å². The lowest BCUT2D eigenvalue weighted by Gasteiger charge is -2.28. The summed E-state index contributed by atoms with van der Waals surface area (Å²) in [6.45, 7) is 11.3. The van der Waals surface area contributed by atoms with Crippen LogP contribution in [-0.4, -0.2) is 16.7 Å². The van der Waals surface area contributed by atoms with Gasteiger partial charge in [0.25, 0.3) is 0 Å². The van der Waals surface area contributed by atoms with E-state index in [1.807, 2.05) is 19.1 Å². The summed E-state index contributed by atoms with van der Waals surface area (Å²) >= 11 is 3.51. The van der Waals surface area contributed by atoms with Crippen LogP contribution in [0.15, 0.2) is 16.6 Å². The van der Waals surface area contributed by atoms with Crippen LogP contribution in [-0.2, 0) is 10.2 Å². The maximum absolute atomic E-state index is 11.2. The lowest BCUT2D eigenvalue weighted by molar-refractivity contribution is -0.152. The fourth-order valence-corrected chi connectivity index (χ4v) is 1.99. The average molecular weight is 329 g/mol. The summed E-state index contributed by atoms with van der Waals surface area (Å²) in [5.41, 5.74) is 0.629. The standard InChI is InChI=1S/C15H21BrO3/c1-9-7-12(19-15(5,6)13(17)18)10(8-11(9)16)14(2,3)4/h7-8H,1-6H3,(H,17,18). The number of carboxylic acid groups (broad SMARTS) is 1. The Morgan fingerprint density at radius 1 is 1.21 bits per heavy atom. The van der Waals surface area contributed by atoms with Gasteiger partial charge < -0.3 is 9.84 Å². The van der Waals surface area contributed by atoms with Crippen LogP contribution in [0.5, 0.6) is 5.75 Å². The molecule has 19 heavy (non-hydrogen) atoms. The highest BCUT2D eigenvalue weighted by Crippen LogP contribution is 2.37. The van der Waals surface area contributed by atoms with E-state index in [0.717, 1.165) is 15.6 Å². The van der Waals surface area contributed by atoms with E-state index < -0.39 is 11.6 Å². The number of hydrogen-bond donors (Lipinski definition) is 1. The maximum Gasteiger partial charge on any atom is 0.347 e. The second-order valence-electron chi connectivity index (χ2n) is 6.27. The number of carbonyl (C=O) groups is 1. The molecule has 0 saturated heterocycles. The molecule has 0 saturated carbocycles. The zero-order chi connectivity index (χ0) is 15.0. The van der Waals surface area contributed by atoms with Gasteiger partial charge in [-0.3, -0.25) is 0 Å². The summed E-state index contributed by atoms with van der Waals surface area (Å²) in [7, 11) is 0. The first-order valence-electron chi connectivity index (χ1n) is 6.18. The number of ether oxygens (including phenoxy) is 1. The van der Waals surface area contributed by atoms with Crippen molar-refractivity contribution in [3.63, 3.8) is 0 Å². The predicted octanol–water partition coefficient (Wildman–Crippen LogP) is 4.30. The van der Waals surface area contributed by atoms with Gasteiger partial charge in [0.1, 0.15) is 5.75 Å². The van der Waals surface area contributed by atoms with Gasteiger partial charge in [0, 0.05) is 10.0 Å². The first-order chi connectivity index (χ1) is 8.45. The van der Waals surface area contributed by atoms with E-state index >= 15 is 0 Å². The van der Waals surface area contributed by atoms with Crippen molar-refractivity contribution >= 4 is 21.9 Å². The summed E-state index contributed by atoms with van der Waals surface area (Å²) in [5.74, 6) is -0.353. The quantitative estimate of drug-likeness (QED) is 0.899. The minimum Gasteiger partial charge on any atom is -0.478 e. The highest BCUT2D eigenvalue weighted by atomic mass is 79.9. The van der Waals surface area contributed by atoms with Gasteiger partial charge >= 0.3 is 5.97 Å². The van der Waals surface area contributed by atoms with Crippen molar-refractivity contribution in [3.8, 4) is 5.75 Å². The van der Waals surface area contributed by atoms with Gasteiger partial charge in [0.15, 0.2) is 5.60 Å². The number of benzene rings is 1. The Balaban J connectivity index is 3.34. The van der Waals surface area contributed by atoms with Crippen molar-refractivity contribution in [2.24, 2.45) is 0 Å². The molecule has 0 unspecified atom stereocenters. The van der Waals surface area contributed by atoms with Gasteiger partial charge in [-0.25, -0.2) is 4.79 Å². The summed E-state index contributed by atoms with van der Waals surface area (Å²) in [4.78, 5) is 11.2. The van der Waals surface area contributed by atoms with Crippen LogP contribution in [0.25, 0.3) is 0 Å².